The Hall–Kier alpha value is -0.520. The molecule has 0 saturated heterocycles. The Bertz CT molecular complexity index is 323. The lowest BCUT2D eigenvalue weighted by Gasteiger charge is -2.17. The summed E-state index contributed by atoms with van der Waals surface area (Å²) in [6, 6.07) is 1.99. The molecule has 0 aromatic heterocycles. The maximum atomic E-state index is 13.5. The summed E-state index contributed by atoms with van der Waals surface area (Å²) in [5.41, 5.74) is 0.00236. The molecular formula is C10H12BrF2NO. The smallest absolute Gasteiger partial charge is 0.132 e. The Morgan fingerprint density at radius 3 is 2.33 bits per heavy atom. The highest BCUT2D eigenvalue weighted by molar-refractivity contribution is 9.10. The molecule has 0 saturated carbocycles. The van der Waals surface area contributed by atoms with Crippen molar-refractivity contribution in [2.75, 3.05) is 20.8 Å². The molecule has 0 radical (unpaired) electrons. The lowest BCUT2D eigenvalue weighted by Crippen LogP contribution is -2.23. The molecule has 0 fully saturated rings. The molecular weight excluding hydrogens is 268 g/mol. The summed E-state index contributed by atoms with van der Waals surface area (Å²) in [5.74, 6) is -1.17. The highest BCUT2D eigenvalue weighted by Crippen LogP contribution is 2.24. The average molecular weight is 280 g/mol. The summed E-state index contributed by atoms with van der Waals surface area (Å²) < 4.78 is 32.3. The van der Waals surface area contributed by atoms with Crippen LogP contribution >= 0.6 is 15.9 Å². The first kappa shape index (κ1) is 12.5. The zero-order valence-electron chi connectivity index (χ0n) is 8.48. The molecule has 0 heterocycles. The summed E-state index contributed by atoms with van der Waals surface area (Å²) in [7, 11) is 3.11. The van der Waals surface area contributed by atoms with Gasteiger partial charge in [-0.15, -0.1) is 0 Å². The minimum absolute atomic E-state index is 0.00236. The number of likely N-dealkylation sites (N-methyl/N-ethyl adjacent to an activating group) is 1. The Kier molecular flexibility index (Phi) is 4.63. The number of nitrogens with one attached hydrogen (secondary N) is 1. The van der Waals surface area contributed by atoms with Crippen LogP contribution < -0.4 is 5.32 Å². The van der Waals surface area contributed by atoms with Crippen LogP contribution in [-0.2, 0) is 4.74 Å². The zero-order chi connectivity index (χ0) is 11.4. The molecule has 1 aromatic carbocycles. The van der Waals surface area contributed by atoms with Gasteiger partial charge in [0.2, 0.25) is 0 Å². The Labute approximate surface area is 95.8 Å². The Morgan fingerprint density at radius 1 is 1.40 bits per heavy atom. The largest absolute Gasteiger partial charge is 0.383 e. The third kappa shape index (κ3) is 2.96. The number of hydrogen-bond acceptors (Lipinski definition) is 2. The number of benzene rings is 1. The third-order valence-electron chi connectivity index (χ3n) is 2.07. The summed E-state index contributed by atoms with van der Waals surface area (Å²) in [6.45, 7) is 0.214. The van der Waals surface area contributed by atoms with E-state index in [2.05, 4.69) is 21.2 Å². The molecule has 0 amide bonds. The molecule has 0 bridgehead atoms. The molecule has 0 aliphatic rings. The summed E-state index contributed by atoms with van der Waals surface area (Å²) >= 11 is 3.03. The van der Waals surface area contributed by atoms with Gasteiger partial charge in [0.15, 0.2) is 0 Å². The van der Waals surface area contributed by atoms with Gasteiger partial charge >= 0.3 is 0 Å². The van der Waals surface area contributed by atoms with Crippen LogP contribution in [0, 0.1) is 11.6 Å². The molecule has 0 aliphatic carbocycles. The number of methoxy groups -OCH3 is 1. The highest BCUT2D eigenvalue weighted by Gasteiger charge is 2.19. The van der Waals surface area contributed by atoms with Gasteiger partial charge in [-0.3, -0.25) is 0 Å². The lowest BCUT2D eigenvalue weighted by molar-refractivity contribution is 0.167. The maximum Gasteiger partial charge on any atom is 0.132 e. The topological polar surface area (TPSA) is 21.3 Å². The van der Waals surface area contributed by atoms with Crippen LogP contribution in [0.25, 0.3) is 0 Å². The van der Waals surface area contributed by atoms with E-state index in [9.17, 15) is 8.78 Å². The van der Waals surface area contributed by atoms with Gasteiger partial charge in [-0.1, -0.05) is 15.9 Å². The minimum atomic E-state index is -0.585. The first-order valence-corrected chi connectivity index (χ1v) is 5.20. The van der Waals surface area contributed by atoms with E-state index in [0.29, 0.717) is 4.47 Å². The van der Waals surface area contributed by atoms with Gasteiger partial charge in [0.05, 0.1) is 12.6 Å². The van der Waals surface area contributed by atoms with Crippen molar-refractivity contribution in [3.8, 4) is 0 Å². The molecule has 84 valence electrons. The van der Waals surface area contributed by atoms with Gasteiger partial charge in [-0.05, 0) is 19.2 Å². The van der Waals surface area contributed by atoms with Crippen molar-refractivity contribution in [2.24, 2.45) is 0 Å². The SMILES string of the molecule is CNC(COC)c1c(F)cc(Br)cc1F. The first-order chi connectivity index (χ1) is 7.10. The van der Waals surface area contributed by atoms with Gasteiger partial charge in [0, 0.05) is 17.1 Å². The molecule has 15 heavy (non-hydrogen) atoms. The van der Waals surface area contributed by atoms with Gasteiger partial charge in [-0.2, -0.15) is 0 Å². The van der Waals surface area contributed by atoms with Crippen molar-refractivity contribution in [1.29, 1.82) is 0 Å². The van der Waals surface area contributed by atoms with Gasteiger partial charge in [0.1, 0.15) is 11.6 Å². The van der Waals surface area contributed by atoms with E-state index in [1.54, 1.807) is 7.05 Å². The molecule has 1 atom stereocenters. The molecule has 1 N–H and O–H groups in total. The van der Waals surface area contributed by atoms with Crippen molar-refractivity contribution >= 4 is 15.9 Å². The molecule has 0 spiro atoms. The fraction of sp³-hybridized carbons (Fsp3) is 0.400. The predicted octanol–water partition coefficient (Wildman–Crippen LogP) is 2.63. The van der Waals surface area contributed by atoms with E-state index in [4.69, 9.17) is 4.74 Å². The van der Waals surface area contributed by atoms with Gasteiger partial charge in [0.25, 0.3) is 0 Å². The van der Waals surface area contributed by atoms with Crippen LogP contribution in [0.2, 0.25) is 0 Å². The Morgan fingerprint density at radius 2 is 1.93 bits per heavy atom. The summed E-state index contributed by atoms with van der Waals surface area (Å²) in [5, 5.41) is 2.80. The van der Waals surface area contributed by atoms with Crippen LogP contribution in [-0.4, -0.2) is 20.8 Å². The normalized spacial score (nSPS) is 12.9. The second kappa shape index (κ2) is 5.53. The van der Waals surface area contributed by atoms with Gasteiger partial charge in [-0.25, -0.2) is 8.78 Å². The monoisotopic (exact) mass is 279 g/mol. The van der Waals surface area contributed by atoms with Crippen molar-refractivity contribution in [2.45, 2.75) is 6.04 Å². The van der Waals surface area contributed by atoms with Crippen LogP contribution in [0.15, 0.2) is 16.6 Å². The van der Waals surface area contributed by atoms with Crippen LogP contribution in [0.4, 0.5) is 8.78 Å². The van der Waals surface area contributed by atoms with E-state index in [0.717, 1.165) is 0 Å². The summed E-state index contributed by atoms with van der Waals surface area (Å²) in [6.07, 6.45) is 0. The maximum absolute atomic E-state index is 13.5. The molecule has 0 aliphatic heterocycles. The van der Waals surface area contributed by atoms with Crippen molar-refractivity contribution in [3.05, 3.63) is 33.8 Å². The minimum Gasteiger partial charge on any atom is -0.383 e. The number of ether oxygens (including phenoxy) is 1. The number of rotatable bonds is 4. The quantitative estimate of drug-likeness (QED) is 0.915. The summed E-state index contributed by atoms with van der Waals surface area (Å²) in [4.78, 5) is 0. The zero-order valence-corrected chi connectivity index (χ0v) is 10.1. The van der Waals surface area contributed by atoms with E-state index in [1.165, 1.54) is 19.2 Å². The van der Waals surface area contributed by atoms with E-state index < -0.39 is 17.7 Å². The standard InChI is InChI=1S/C10H12BrF2NO/c1-14-9(5-15-2)10-7(12)3-6(11)4-8(10)13/h3-4,9,14H,5H2,1-2H3. The number of halogens is 3. The molecule has 1 unspecified atom stereocenters. The van der Waals surface area contributed by atoms with Crippen LogP contribution in [0.3, 0.4) is 0 Å². The molecule has 5 heteroatoms. The predicted molar refractivity (Wildman–Crippen MR) is 57.7 cm³/mol. The fourth-order valence-electron chi connectivity index (χ4n) is 1.36. The van der Waals surface area contributed by atoms with Crippen LogP contribution in [0.5, 0.6) is 0 Å². The second-order valence-electron chi connectivity index (χ2n) is 3.08. The molecule has 1 aromatic rings. The van der Waals surface area contributed by atoms with E-state index in [1.807, 2.05) is 0 Å². The van der Waals surface area contributed by atoms with Crippen molar-refractivity contribution in [3.63, 3.8) is 0 Å². The Balaban J connectivity index is 3.11. The second-order valence-corrected chi connectivity index (χ2v) is 4.00. The highest BCUT2D eigenvalue weighted by atomic mass is 79.9. The van der Waals surface area contributed by atoms with E-state index in [-0.39, 0.29) is 12.2 Å². The fourth-order valence-corrected chi connectivity index (χ4v) is 1.77. The van der Waals surface area contributed by atoms with Crippen LogP contribution in [0.1, 0.15) is 11.6 Å². The van der Waals surface area contributed by atoms with E-state index >= 15 is 0 Å². The lowest BCUT2D eigenvalue weighted by atomic mass is 10.1. The third-order valence-corrected chi connectivity index (χ3v) is 2.53. The molecule has 2 nitrogen and oxygen atoms in total. The van der Waals surface area contributed by atoms with Gasteiger partial charge < -0.3 is 10.1 Å². The number of hydrogen-bond donors (Lipinski definition) is 1. The van der Waals surface area contributed by atoms with Crippen molar-refractivity contribution < 1.29 is 13.5 Å². The van der Waals surface area contributed by atoms with Crippen molar-refractivity contribution in [1.82, 2.24) is 5.32 Å². The first-order valence-electron chi connectivity index (χ1n) is 4.40. The average Bonchev–Trinajstić information content (AvgIpc) is 2.14. The molecule has 1 rings (SSSR count).